The van der Waals surface area contributed by atoms with E-state index >= 15 is 0 Å². The number of aromatic amines is 1. The van der Waals surface area contributed by atoms with Gasteiger partial charge in [-0.25, -0.2) is 4.98 Å². The van der Waals surface area contributed by atoms with Crippen LogP contribution < -0.4 is 5.73 Å². The number of benzene rings is 1. The first-order valence-corrected chi connectivity index (χ1v) is 6.47. The van der Waals surface area contributed by atoms with Crippen LogP contribution in [0, 0.1) is 5.92 Å². The molecule has 0 aliphatic carbocycles. The van der Waals surface area contributed by atoms with Gasteiger partial charge in [0.05, 0.1) is 11.0 Å². The van der Waals surface area contributed by atoms with Gasteiger partial charge in [0.25, 0.3) is 0 Å². The zero-order valence-electron chi connectivity index (χ0n) is 10.4. The monoisotopic (exact) mass is 231 g/mol. The van der Waals surface area contributed by atoms with Gasteiger partial charge in [-0.1, -0.05) is 25.5 Å². The van der Waals surface area contributed by atoms with Crippen LogP contribution in [0.3, 0.4) is 0 Å². The number of hydrogen-bond acceptors (Lipinski definition) is 2. The lowest BCUT2D eigenvalue weighted by molar-refractivity contribution is 0.440. The van der Waals surface area contributed by atoms with Crippen LogP contribution in [-0.4, -0.2) is 16.5 Å². The third-order valence-electron chi connectivity index (χ3n) is 3.38. The van der Waals surface area contributed by atoms with Crippen molar-refractivity contribution in [3.8, 4) is 0 Å². The molecule has 0 radical (unpaired) electrons. The van der Waals surface area contributed by atoms with Crippen LogP contribution in [0.4, 0.5) is 0 Å². The quantitative estimate of drug-likeness (QED) is 0.803. The van der Waals surface area contributed by atoms with Crippen LogP contribution in [0.15, 0.2) is 24.3 Å². The van der Waals surface area contributed by atoms with Crippen molar-refractivity contribution in [2.45, 2.75) is 32.6 Å². The van der Waals surface area contributed by atoms with E-state index in [0.717, 1.165) is 42.2 Å². The molecule has 1 unspecified atom stereocenters. The molecule has 92 valence electrons. The van der Waals surface area contributed by atoms with Crippen molar-refractivity contribution >= 4 is 11.0 Å². The van der Waals surface area contributed by atoms with Crippen molar-refractivity contribution in [3.63, 3.8) is 0 Å². The Morgan fingerprint density at radius 3 is 2.82 bits per heavy atom. The number of nitrogens with one attached hydrogen (secondary N) is 1. The normalized spacial score (nSPS) is 13.1. The summed E-state index contributed by atoms with van der Waals surface area (Å²) >= 11 is 0. The van der Waals surface area contributed by atoms with Gasteiger partial charge in [0, 0.05) is 6.42 Å². The average molecular weight is 231 g/mol. The van der Waals surface area contributed by atoms with E-state index in [-0.39, 0.29) is 0 Å². The van der Waals surface area contributed by atoms with Gasteiger partial charge >= 0.3 is 0 Å². The summed E-state index contributed by atoms with van der Waals surface area (Å²) in [4.78, 5) is 7.97. The number of nitrogens with two attached hydrogens (primary N) is 1. The third-order valence-corrected chi connectivity index (χ3v) is 3.38. The maximum atomic E-state index is 5.61. The molecule has 0 fully saturated rings. The Morgan fingerprint density at radius 2 is 2.12 bits per heavy atom. The lowest BCUT2D eigenvalue weighted by Crippen LogP contribution is -2.09. The van der Waals surface area contributed by atoms with Crippen LogP contribution in [0.25, 0.3) is 11.0 Å². The van der Waals surface area contributed by atoms with Gasteiger partial charge < -0.3 is 10.7 Å². The van der Waals surface area contributed by atoms with Crippen molar-refractivity contribution in [3.05, 3.63) is 30.1 Å². The summed E-state index contributed by atoms with van der Waals surface area (Å²) in [5.41, 5.74) is 7.81. The molecular weight excluding hydrogens is 210 g/mol. The smallest absolute Gasteiger partial charge is 0.107 e. The summed E-state index contributed by atoms with van der Waals surface area (Å²) in [6, 6.07) is 8.18. The van der Waals surface area contributed by atoms with E-state index in [1.807, 2.05) is 18.2 Å². The summed E-state index contributed by atoms with van der Waals surface area (Å²) in [6.07, 6.45) is 4.52. The van der Waals surface area contributed by atoms with Crippen LogP contribution in [0.2, 0.25) is 0 Å². The van der Waals surface area contributed by atoms with E-state index < -0.39 is 0 Å². The standard InChI is InChI=1S/C14H21N3/c1-2-11(9-10-15)7-8-14-16-12-5-3-4-6-13(12)17-14/h3-6,11H,2,7-10,15H2,1H3,(H,16,17). The van der Waals surface area contributed by atoms with Gasteiger partial charge in [-0.15, -0.1) is 0 Å². The fraction of sp³-hybridized carbons (Fsp3) is 0.500. The van der Waals surface area contributed by atoms with Crippen molar-refractivity contribution in [1.82, 2.24) is 9.97 Å². The summed E-state index contributed by atoms with van der Waals surface area (Å²) in [6.45, 7) is 3.03. The van der Waals surface area contributed by atoms with E-state index in [1.54, 1.807) is 0 Å². The Hall–Kier alpha value is -1.35. The molecule has 3 nitrogen and oxygen atoms in total. The number of aryl methyl sites for hydroxylation is 1. The number of nitrogens with zero attached hydrogens (tertiary/aromatic N) is 1. The molecule has 2 aromatic rings. The Balaban J connectivity index is 1.98. The summed E-state index contributed by atoms with van der Waals surface area (Å²) in [5.74, 6) is 1.83. The molecular formula is C14H21N3. The topological polar surface area (TPSA) is 54.7 Å². The van der Waals surface area contributed by atoms with Crippen molar-refractivity contribution in [2.24, 2.45) is 11.7 Å². The molecule has 0 aliphatic heterocycles. The highest BCUT2D eigenvalue weighted by atomic mass is 14.9. The lowest BCUT2D eigenvalue weighted by atomic mass is 9.96. The van der Waals surface area contributed by atoms with E-state index in [0.29, 0.717) is 0 Å². The highest BCUT2D eigenvalue weighted by Crippen LogP contribution is 2.17. The molecule has 1 aromatic carbocycles. The van der Waals surface area contributed by atoms with Gasteiger partial charge in [0.2, 0.25) is 0 Å². The first-order valence-electron chi connectivity index (χ1n) is 6.47. The van der Waals surface area contributed by atoms with Gasteiger partial charge in [-0.05, 0) is 37.4 Å². The predicted molar refractivity (Wildman–Crippen MR) is 71.9 cm³/mol. The van der Waals surface area contributed by atoms with Crippen LogP contribution >= 0.6 is 0 Å². The number of aromatic nitrogens is 2. The van der Waals surface area contributed by atoms with Crippen molar-refractivity contribution in [2.75, 3.05) is 6.54 Å². The lowest BCUT2D eigenvalue weighted by Gasteiger charge is -2.11. The van der Waals surface area contributed by atoms with Crippen molar-refractivity contribution < 1.29 is 0 Å². The largest absolute Gasteiger partial charge is 0.342 e. The second kappa shape index (κ2) is 5.82. The molecule has 0 saturated carbocycles. The number of fused-ring (bicyclic) bond motifs is 1. The fourth-order valence-corrected chi connectivity index (χ4v) is 2.25. The molecule has 0 aliphatic rings. The maximum absolute atomic E-state index is 5.61. The number of imidazole rings is 1. The highest BCUT2D eigenvalue weighted by molar-refractivity contribution is 5.74. The Bertz CT molecular complexity index is 428. The van der Waals surface area contributed by atoms with Gasteiger partial charge in [0.1, 0.15) is 5.82 Å². The number of hydrogen-bond donors (Lipinski definition) is 2. The molecule has 17 heavy (non-hydrogen) atoms. The number of H-pyrrole nitrogens is 1. The summed E-state index contributed by atoms with van der Waals surface area (Å²) in [7, 11) is 0. The second-order valence-corrected chi connectivity index (χ2v) is 4.59. The fourth-order valence-electron chi connectivity index (χ4n) is 2.25. The molecule has 1 heterocycles. The maximum Gasteiger partial charge on any atom is 0.107 e. The predicted octanol–water partition coefficient (Wildman–Crippen LogP) is 2.87. The van der Waals surface area contributed by atoms with E-state index in [9.17, 15) is 0 Å². The Labute approximate surface area is 102 Å². The van der Waals surface area contributed by atoms with E-state index in [1.165, 1.54) is 12.8 Å². The summed E-state index contributed by atoms with van der Waals surface area (Å²) in [5, 5.41) is 0. The van der Waals surface area contributed by atoms with Gasteiger partial charge in [-0.2, -0.15) is 0 Å². The molecule has 0 bridgehead atoms. The molecule has 2 rings (SSSR count). The van der Waals surface area contributed by atoms with E-state index in [4.69, 9.17) is 5.73 Å². The zero-order chi connectivity index (χ0) is 12.1. The molecule has 3 heteroatoms. The van der Waals surface area contributed by atoms with Crippen LogP contribution in [0.1, 0.15) is 32.0 Å². The molecule has 0 amide bonds. The average Bonchev–Trinajstić information content (AvgIpc) is 2.77. The molecule has 1 atom stereocenters. The van der Waals surface area contributed by atoms with Gasteiger partial charge in [-0.3, -0.25) is 0 Å². The number of para-hydroxylation sites is 2. The molecule has 1 aromatic heterocycles. The first-order chi connectivity index (χ1) is 8.33. The zero-order valence-corrected chi connectivity index (χ0v) is 10.4. The summed E-state index contributed by atoms with van der Waals surface area (Å²) < 4.78 is 0. The first kappa shape index (κ1) is 12.1. The minimum atomic E-state index is 0.730. The van der Waals surface area contributed by atoms with E-state index in [2.05, 4.69) is 23.0 Å². The molecule has 0 spiro atoms. The number of rotatable bonds is 6. The third kappa shape index (κ3) is 3.07. The molecule has 0 saturated heterocycles. The minimum absolute atomic E-state index is 0.730. The Kier molecular flexibility index (Phi) is 4.15. The van der Waals surface area contributed by atoms with Gasteiger partial charge in [0.15, 0.2) is 0 Å². The van der Waals surface area contributed by atoms with Crippen LogP contribution in [0.5, 0.6) is 0 Å². The Morgan fingerprint density at radius 1 is 1.29 bits per heavy atom. The molecule has 3 N–H and O–H groups in total. The SMILES string of the molecule is CCC(CCN)CCc1nc2ccccc2[nH]1. The minimum Gasteiger partial charge on any atom is -0.342 e. The highest BCUT2D eigenvalue weighted by Gasteiger charge is 2.07. The van der Waals surface area contributed by atoms with Crippen LogP contribution in [-0.2, 0) is 6.42 Å². The second-order valence-electron chi connectivity index (χ2n) is 4.59. The van der Waals surface area contributed by atoms with Crippen molar-refractivity contribution in [1.29, 1.82) is 0 Å².